The average molecular weight is 219 g/mol. The lowest BCUT2D eigenvalue weighted by Crippen LogP contribution is -2.58. The molecule has 6 heteroatoms. The van der Waals surface area contributed by atoms with Gasteiger partial charge in [0.05, 0.1) is 0 Å². The molecule has 0 amide bonds. The van der Waals surface area contributed by atoms with Crippen LogP contribution in [0.4, 0.5) is 0 Å². The largest absolute Gasteiger partial charge is 0.370 e. The summed E-state index contributed by atoms with van der Waals surface area (Å²) in [6.45, 7) is 0. The molecule has 5 N–H and O–H groups in total. The predicted octanol–water partition coefficient (Wildman–Crippen LogP) is -1.37. The Bertz CT molecular complexity index is 542. The van der Waals surface area contributed by atoms with Gasteiger partial charge in [0.25, 0.3) is 5.72 Å². The zero-order valence-corrected chi connectivity index (χ0v) is 8.14. The van der Waals surface area contributed by atoms with Crippen molar-refractivity contribution in [2.75, 3.05) is 0 Å². The Morgan fingerprint density at radius 3 is 2.75 bits per heavy atom. The van der Waals surface area contributed by atoms with Gasteiger partial charge in [0.15, 0.2) is 5.96 Å². The van der Waals surface area contributed by atoms with E-state index in [0.717, 1.165) is 0 Å². The third-order valence-corrected chi connectivity index (χ3v) is 2.97. The van der Waals surface area contributed by atoms with Crippen LogP contribution >= 0.6 is 0 Å². The molecule has 0 bridgehead atoms. The lowest BCUT2D eigenvalue weighted by Gasteiger charge is -2.27. The third-order valence-electron chi connectivity index (χ3n) is 2.97. The number of benzene rings is 1. The molecule has 3 rings (SSSR count). The van der Waals surface area contributed by atoms with Crippen molar-refractivity contribution in [3.63, 3.8) is 0 Å². The molecule has 1 aliphatic carbocycles. The van der Waals surface area contributed by atoms with Crippen LogP contribution in [0.3, 0.4) is 0 Å². The minimum Gasteiger partial charge on any atom is -0.370 e. The lowest BCUT2D eigenvalue weighted by molar-refractivity contribution is -0.114. The highest BCUT2D eigenvalue weighted by molar-refractivity contribution is 6.11. The number of hydrogen-bond acceptors (Lipinski definition) is 6. The molecule has 0 saturated carbocycles. The number of carbonyl (C=O) groups is 1. The number of Topliss-reactive ketones (excluding diaryl/α,β-unsaturated/α-hetero) is 1. The second-order valence-electron chi connectivity index (χ2n) is 3.88. The molecule has 2 aliphatic rings. The Hall–Kier alpha value is -1.92. The molecule has 16 heavy (non-hydrogen) atoms. The Morgan fingerprint density at radius 1 is 1.31 bits per heavy atom. The second-order valence-corrected chi connectivity index (χ2v) is 3.88. The number of carbonyl (C=O) groups excluding carboxylic acids is 1. The normalized spacial score (nSPS) is 35.4. The van der Waals surface area contributed by atoms with Gasteiger partial charge in [-0.3, -0.25) is 4.79 Å². The molecule has 1 aromatic carbocycles. The third kappa shape index (κ3) is 0.763. The first-order valence-electron chi connectivity index (χ1n) is 4.71. The minimum absolute atomic E-state index is 0.159. The molecule has 1 heterocycles. The van der Waals surface area contributed by atoms with Crippen molar-refractivity contribution in [3.8, 4) is 0 Å². The summed E-state index contributed by atoms with van der Waals surface area (Å²) < 4.78 is 0. The Labute approximate surface area is 90.4 Å². The predicted molar refractivity (Wildman–Crippen MR) is 54.4 cm³/mol. The lowest BCUT2D eigenvalue weighted by atomic mass is 10.0. The standard InChI is InChI=1S/C10H9N3O3/c11-8-12-9(15)6-4-2-1-3-5(6)7(14)10(9,16)13-8/h1-4,15-16H,(H3,11,12,13)/t9-,10+/m1/s1. The molecule has 0 unspecified atom stereocenters. The highest BCUT2D eigenvalue weighted by atomic mass is 16.4. The van der Waals surface area contributed by atoms with E-state index in [1.165, 1.54) is 12.1 Å². The number of hydrogen-bond donors (Lipinski definition) is 4. The Kier molecular flexibility index (Phi) is 1.41. The van der Waals surface area contributed by atoms with Gasteiger partial charge in [-0.2, -0.15) is 0 Å². The molecule has 0 saturated heterocycles. The number of nitrogens with zero attached hydrogens (tertiary/aromatic N) is 1. The van der Waals surface area contributed by atoms with Crippen LogP contribution in [0.2, 0.25) is 0 Å². The number of aliphatic imine (C=N–C) groups is 1. The first-order chi connectivity index (χ1) is 7.49. The van der Waals surface area contributed by atoms with Crippen molar-refractivity contribution < 1.29 is 15.0 Å². The molecule has 2 atom stereocenters. The van der Waals surface area contributed by atoms with Gasteiger partial charge < -0.3 is 21.3 Å². The average Bonchev–Trinajstić information content (AvgIpc) is 2.57. The van der Waals surface area contributed by atoms with Crippen molar-refractivity contribution in [2.24, 2.45) is 10.7 Å². The summed E-state index contributed by atoms with van der Waals surface area (Å²) in [7, 11) is 0. The number of guanidine groups is 1. The Morgan fingerprint density at radius 2 is 2.00 bits per heavy atom. The molecule has 82 valence electrons. The van der Waals surface area contributed by atoms with Crippen molar-refractivity contribution >= 4 is 11.7 Å². The highest BCUT2D eigenvalue weighted by Crippen LogP contribution is 2.45. The van der Waals surface area contributed by atoms with E-state index in [4.69, 9.17) is 5.73 Å². The highest BCUT2D eigenvalue weighted by Gasteiger charge is 2.66. The molecule has 1 aliphatic heterocycles. The molecular weight excluding hydrogens is 210 g/mol. The number of nitrogens with two attached hydrogens (primary N) is 1. The summed E-state index contributed by atoms with van der Waals surface area (Å²) in [4.78, 5) is 15.7. The zero-order valence-electron chi connectivity index (χ0n) is 8.14. The number of ketones is 1. The van der Waals surface area contributed by atoms with E-state index in [1.54, 1.807) is 12.1 Å². The summed E-state index contributed by atoms with van der Waals surface area (Å²) in [6.07, 6.45) is 0. The number of aliphatic hydroxyl groups is 2. The fourth-order valence-electron chi connectivity index (χ4n) is 2.21. The van der Waals surface area contributed by atoms with Crippen LogP contribution in [-0.2, 0) is 5.72 Å². The summed E-state index contributed by atoms with van der Waals surface area (Å²) in [6, 6.07) is 6.37. The van der Waals surface area contributed by atoms with E-state index in [1.807, 2.05) is 0 Å². The number of nitrogens with one attached hydrogen (secondary N) is 1. The maximum Gasteiger partial charge on any atom is 0.258 e. The summed E-state index contributed by atoms with van der Waals surface area (Å²) >= 11 is 0. The molecule has 0 spiro atoms. The smallest absolute Gasteiger partial charge is 0.258 e. The molecular formula is C10H9N3O3. The van der Waals surface area contributed by atoms with Crippen molar-refractivity contribution in [3.05, 3.63) is 35.4 Å². The van der Waals surface area contributed by atoms with Gasteiger partial charge in [-0.15, -0.1) is 0 Å². The zero-order chi connectivity index (χ0) is 11.6. The van der Waals surface area contributed by atoms with E-state index in [9.17, 15) is 15.0 Å². The van der Waals surface area contributed by atoms with E-state index in [2.05, 4.69) is 10.3 Å². The van der Waals surface area contributed by atoms with Crippen LogP contribution < -0.4 is 11.1 Å². The van der Waals surface area contributed by atoms with Crippen LogP contribution in [0.25, 0.3) is 0 Å². The van der Waals surface area contributed by atoms with Crippen LogP contribution in [0.15, 0.2) is 29.3 Å². The molecule has 6 nitrogen and oxygen atoms in total. The van der Waals surface area contributed by atoms with Gasteiger partial charge in [-0.05, 0) is 0 Å². The van der Waals surface area contributed by atoms with Gasteiger partial charge in [0.1, 0.15) is 0 Å². The van der Waals surface area contributed by atoms with Gasteiger partial charge in [-0.1, -0.05) is 24.3 Å². The SMILES string of the molecule is NC1=N[C@@]2(O)c3ccccc3C(=O)[C@@]2(O)N1. The van der Waals surface area contributed by atoms with Crippen LogP contribution in [0.1, 0.15) is 15.9 Å². The fraction of sp³-hybridized carbons (Fsp3) is 0.200. The molecule has 1 aromatic rings. The topological polar surface area (TPSA) is 108 Å². The van der Waals surface area contributed by atoms with Gasteiger partial charge >= 0.3 is 0 Å². The van der Waals surface area contributed by atoms with Crippen molar-refractivity contribution in [1.82, 2.24) is 5.32 Å². The molecule has 0 radical (unpaired) electrons. The molecule has 0 fully saturated rings. The van der Waals surface area contributed by atoms with Gasteiger partial charge in [-0.25, -0.2) is 4.99 Å². The van der Waals surface area contributed by atoms with Crippen molar-refractivity contribution in [2.45, 2.75) is 11.4 Å². The van der Waals surface area contributed by atoms with Crippen LogP contribution in [0, 0.1) is 0 Å². The summed E-state index contributed by atoms with van der Waals surface area (Å²) in [5.41, 5.74) is 1.68. The summed E-state index contributed by atoms with van der Waals surface area (Å²) in [5.74, 6) is -0.789. The maximum absolute atomic E-state index is 11.9. The maximum atomic E-state index is 11.9. The van der Waals surface area contributed by atoms with Gasteiger partial charge in [0.2, 0.25) is 11.5 Å². The monoisotopic (exact) mass is 219 g/mol. The minimum atomic E-state index is -2.18. The van der Waals surface area contributed by atoms with Crippen LogP contribution in [0.5, 0.6) is 0 Å². The number of fused-ring (bicyclic) bond motifs is 3. The van der Waals surface area contributed by atoms with E-state index >= 15 is 0 Å². The first kappa shape index (κ1) is 9.32. The molecule has 0 aromatic heterocycles. The first-order valence-corrected chi connectivity index (χ1v) is 4.71. The van der Waals surface area contributed by atoms with E-state index in [0.29, 0.717) is 0 Å². The van der Waals surface area contributed by atoms with Crippen LogP contribution in [-0.4, -0.2) is 27.7 Å². The number of rotatable bonds is 0. The fourth-order valence-corrected chi connectivity index (χ4v) is 2.21. The van der Waals surface area contributed by atoms with Gasteiger partial charge in [0, 0.05) is 11.1 Å². The summed E-state index contributed by atoms with van der Waals surface area (Å²) in [5, 5.41) is 22.7. The Balaban J connectivity index is 2.34. The van der Waals surface area contributed by atoms with E-state index in [-0.39, 0.29) is 17.1 Å². The quantitative estimate of drug-likeness (QED) is 0.431. The van der Waals surface area contributed by atoms with Crippen molar-refractivity contribution in [1.29, 1.82) is 0 Å². The second kappa shape index (κ2) is 2.42. The van der Waals surface area contributed by atoms with E-state index < -0.39 is 17.2 Å².